The van der Waals surface area contributed by atoms with Crippen LogP contribution < -0.4 is 10.6 Å². The van der Waals surface area contributed by atoms with Crippen LogP contribution in [-0.2, 0) is 26.3 Å². The SMILES string of the molecule is CCCCN1C(=O)[C@@H]2[C@H](C)N[C@@]3(C(=O)Nc4ccc(CC)cc43)[C@@H]2C1=O. The van der Waals surface area contributed by atoms with E-state index in [0.29, 0.717) is 6.54 Å². The Morgan fingerprint density at radius 1 is 1.15 bits per heavy atom. The fourth-order valence-electron chi connectivity index (χ4n) is 4.83. The Balaban J connectivity index is 1.83. The summed E-state index contributed by atoms with van der Waals surface area (Å²) in [6, 6.07) is 5.66. The molecule has 1 aromatic carbocycles. The number of anilines is 1. The molecule has 2 fully saturated rings. The van der Waals surface area contributed by atoms with E-state index in [0.717, 1.165) is 36.1 Å². The lowest BCUT2D eigenvalue weighted by molar-refractivity contribution is -0.142. The van der Waals surface area contributed by atoms with Crippen LogP contribution in [-0.4, -0.2) is 35.2 Å². The van der Waals surface area contributed by atoms with Crippen molar-refractivity contribution in [2.45, 2.75) is 51.6 Å². The summed E-state index contributed by atoms with van der Waals surface area (Å²) in [6.07, 6.45) is 2.54. The lowest BCUT2D eigenvalue weighted by Gasteiger charge is -2.29. The van der Waals surface area contributed by atoms with Crippen LogP contribution in [0.3, 0.4) is 0 Å². The molecule has 138 valence electrons. The summed E-state index contributed by atoms with van der Waals surface area (Å²) in [4.78, 5) is 40.6. The van der Waals surface area contributed by atoms with Crippen molar-refractivity contribution in [2.75, 3.05) is 11.9 Å². The third kappa shape index (κ3) is 2.05. The minimum atomic E-state index is -1.14. The molecule has 2 N–H and O–H groups in total. The van der Waals surface area contributed by atoms with Crippen molar-refractivity contribution in [3.63, 3.8) is 0 Å². The molecule has 1 aromatic rings. The summed E-state index contributed by atoms with van der Waals surface area (Å²) in [5.74, 6) is -1.73. The number of hydrogen-bond donors (Lipinski definition) is 2. The van der Waals surface area contributed by atoms with Gasteiger partial charge in [-0.2, -0.15) is 0 Å². The predicted octanol–water partition coefficient (Wildman–Crippen LogP) is 1.79. The third-order valence-corrected chi connectivity index (χ3v) is 6.16. The van der Waals surface area contributed by atoms with Gasteiger partial charge in [0.1, 0.15) is 5.54 Å². The molecular formula is C20H25N3O3. The Kier molecular flexibility index (Phi) is 3.91. The smallest absolute Gasteiger partial charge is 0.250 e. The van der Waals surface area contributed by atoms with Crippen LogP contribution in [0.2, 0.25) is 0 Å². The summed E-state index contributed by atoms with van der Waals surface area (Å²) in [6.45, 7) is 6.43. The Bertz CT molecular complexity index is 805. The first-order chi connectivity index (χ1) is 12.5. The first kappa shape index (κ1) is 17.2. The van der Waals surface area contributed by atoms with Gasteiger partial charge in [-0.1, -0.05) is 32.4 Å². The predicted molar refractivity (Wildman–Crippen MR) is 97.3 cm³/mol. The molecule has 0 saturated carbocycles. The van der Waals surface area contributed by atoms with E-state index in [4.69, 9.17) is 0 Å². The molecule has 3 aliphatic heterocycles. The van der Waals surface area contributed by atoms with E-state index in [1.807, 2.05) is 32.0 Å². The summed E-state index contributed by atoms with van der Waals surface area (Å²) < 4.78 is 0. The van der Waals surface area contributed by atoms with Crippen molar-refractivity contribution < 1.29 is 14.4 Å². The fraction of sp³-hybridized carbons (Fsp3) is 0.550. The maximum absolute atomic E-state index is 13.2. The van der Waals surface area contributed by atoms with Crippen molar-refractivity contribution >= 4 is 23.4 Å². The minimum absolute atomic E-state index is 0.141. The monoisotopic (exact) mass is 355 g/mol. The van der Waals surface area contributed by atoms with E-state index in [-0.39, 0.29) is 23.8 Å². The summed E-state index contributed by atoms with van der Waals surface area (Å²) in [5, 5.41) is 6.27. The molecule has 2 saturated heterocycles. The number of benzene rings is 1. The number of aryl methyl sites for hydroxylation is 1. The molecule has 3 amide bonds. The average molecular weight is 355 g/mol. The highest BCUT2D eigenvalue weighted by Crippen LogP contribution is 2.52. The highest BCUT2D eigenvalue weighted by molar-refractivity contribution is 6.15. The van der Waals surface area contributed by atoms with Crippen molar-refractivity contribution in [3.05, 3.63) is 29.3 Å². The number of amides is 3. The molecule has 0 bridgehead atoms. The summed E-state index contributed by atoms with van der Waals surface area (Å²) in [5.41, 5.74) is 1.51. The molecule has 3 heterocycles. The normalized spacial score (nSPS) is 32.3. The van der Waals surface area contributed by atoms with Gasteiger partial charge in [-0.3, -0.25) is 24.6 Å². The second kappa shape index (κ2) is 5.91. The number of nitrogens with zero attached hydrogens (tertiary/aromatic N) is 1. The number of imide groups is 1. The zero-order chi connectivity index (χ0) is 18.6. The van der Waals surface area contributed by atoms with Crippen LogP contribution in [0, 0.1) is 11.8 Å². The molecule has 3 aliphatic rings. The second-order valence-corrected chi connectivity index (χ2v) is 7.61. The minimum Gasteiger partial charge on any atom is -0.324 e. The van der Waals surface area contributed by atoms with Crippen LogP contribution in [0.5, 0.6) is 0 Å². The van der Waals surface area contributed by atoms with Crippen LogP contribution >= 0.6 is 0 Å². The topological polar surface area (TPSA) is 78.5 Å². The Hall–Kier alpha value is -2.21. The number of fused-ring (bicyclic) bond motifs is 4. The van der Waals surface area contributed by atoms with Gasteiger partial charge in [0.2, 0.25) is 17.7 Å². The van der Waals surface area contributed by atoms with E-state index in [9.17, 15) is 14.4 Å². The molecule has 0 aromatic heterocycles. The van der Waals surface area contributed by atoms with E-state index >= 15 is 0 Å². The number of hydrogen-bond acceptors (Lipinski definition) is 4. The number of nitrogens with one attached hydrogen (secondary N) is 2. The average Bonchev–Trinajstić information content (AvgIpc) is 3.18. The van der Waals surface area contributed by atoms with Crippen LogP contribution in [0.1, 0.15) is 44.7 Å². The summed E-state index contributed by atoms with van der Waals surface area (Å²) >= 11 is 0. The number of likely N-dealkylation sites (tertiary alicyclic amines) is 1. The van der Waals surface area contributed by atoms with Gasteiger partial charge in [-0.15, -0.1) is 0 Å². The van der Waals surface area contributed by atoms with Gasteiger partial charge in [0.05, 0.1) is 11.8 Å². The lowest BCUT2D eigenvalue weighted by atomic mass is 9.76. The first-order valence-electron chi connectivity index (χ1n) is 9.53. The van der Waals surface area contributed by atoms with Gasteiger partial charge in [0, 0.05) is 23.8 Å². The van der Waals surface area contributed by atoms with E-state index in [2.05, 4.69) is 17.6 Å². The van der Waals surface area contributed by atoms with E-state index in [1.165, 1.54) is 4.90 Å². The molecular weight excluding hydrogens is 330 g/mol. The van der Waals surface area contributed by atoms with Crippen molar-refractivity contribution in [3.8, 4) is 0 Å². The molecule has 1 spiro atoms. The Morgan fingerprint density at radius 3 is 2.62 bits per heavy atom. The van der Waals surface area contributed by atoms with Crippen LogP contribution in [0.4, 0.5) is 5.69 Å². The number of carbonyl (C=O) groups is 3. The largest absolute Gasteiger partial charge is 0.324 e. The molecule has 4 atom stereocenters. The van der Waals surface area contributed by atoms with Gasteiger partial charge in [0.25, 0.3) is 0 Å². The zero-order valence-electron chi connectivity index (χ0n) is 15.5. The quantitative estimate of drug-likeness (QED) is 0.807. The van der Waals surface area contributed by atoms with Crippen molar-refractivity contribution in [2.24, 2.45) is 11.8 Å². The van der Waals surface area contributed by atoms with Gasteiger partial charge < -0.3 is 5.32 Å². The maximum Gasteiger partial charge on any atom is 0.250 e. The van der Waals surface area contributed by atoms with Gasteiger partial charge in [-0.05, 0) is 31.4 Å². The van der Waals surface area contributed by atoms with Gasteiger partial charge >= 0.3 is 0 Å². The molecule has 0 radical (unpaired) electrons. The number of rotatable bonds is 4. The molecule has 0 aliphatic carbocycles. The van der Waals surface area contributed by atoms with E-state index < -0.39 is 17.4 Å². The zero-order valence-corrected chi connectivity index (χ0v) is 15.5. The van der Waals surface area contributed by atoms with E-state index in [1.54, 1.807) is 0 Å². The van der Waals surface area contributed by atoms with Crippen molar-refractivity contribution in [1.29, 1.82) is 0 Å². The fourth-order valence-corrected chi connectivity index (χ4v) is 4.83. The molecule has 6 nitrogen and oxygen atoms in total. The Labute approximate surface area is 153 Å². The molecule has 6 heteroatoms. The standard InChI is InChI=1S/C20H25N3O3/c1-4-6-9-23-17(24)15-11(3)22-20(16(15)18(23)25)13-10-12(5-2)7-8-14(13)21-19(20)26/h7-8,10-11,15-16,22H,4-6,9H2,1-3H3,(H,21,26)/t11-,15+,16-,20+/m0/s1. The Morgan fingerprint density at radius 2 is 1.92 bits per heavy atom. The number of unbranched alkanes of at least 4 members (excludes halogenated alkanes) is 1. The second-order valence-electron chi connectivity index (χ2n) is 7.61. The third-order valence-electron chi connectivity index (χ3n) is 6.16. The number of carbonyl (C=O) groups excluding carboxylic acids is 3. The van der Waals surface area contributed by atoms with Crippen LogP contribution in [0.25, 0.3) is 0 Å². The maximum atomic E-state index is 13.2. The highest BCUT2D eigenvalue weighted by atomic mass is 16.2. The lowest BCUT2D eigenvalue weighted by Crippen LogP contribution is -2.53. The van der Waals surface area contributed by atoms with Gasteiger partial charge in [-0.25, -0.2) is 0 Å². The van der Waals surface area contributed by atoms with Crippen molar-refractivity contribution in [1.82, 2.24) is 10.2 Å². The van der Waals surface area contributed by atoms with Gasteiger partial charge in [0.15, 0.2) is 0 Å². The molecule has 0 unspecified atom stereocenters. The molecule has 4 rings (SSSR count). The summed E-state index contributed by atoms with van der Waals surface area (Å²) in [7, 11) is 0. The first-order valence-corrected chi connectivity index (χ1v) is 9.53. The molecule has 26 heavy (non-hydrogen) atoms. The van der Waals surface area contributed by atoms with Crippen LogP contribution in [0.15, 0.2) is 18.2 Å². The highest BCUT2D eigenvalue weighted by Gasteiger charge is 2.69.